The van der Waals surface area contributed by atoms with Gasteiger partial charge in [-0.3, -0.25) is 9.59 Å². The summed E-state index contributed by atoms with van der Waals surface area (Å²) in [6.45, 7) is 1.48. The van der Waals surface area contributed by atoms with Crippen molar-refractivity contribution in [3.8, 4) is 0 Å². The molecule has 1 aromatic rings. The second-order valence-electron chi connectivity index (χ2n) is 6.18. The minimum Gasteiger partial charge on any atom is -0.393 e. The second-order valence-corrected chi connectivity index (χ2v) is 7.09. The molecule has 0 radical (unpaired) electrons. The molecular formula is C16H14BrNO4. The van der Waals surface area contributed by atoms with E-state index in [1.54, 1.807) is 43.3 Å². The zero-order valence-electron chi connectivity index (χ0n) is 11.8. The molecule has 2 bridgehead atoms. The van der Waals surface area contributed by atoms with Gasteiger partial charge >= 0.3 is 0 Å². The number of fused-ring (bicyclic) bond motifs is 5. The fraction of sp³-hybridized carbons (Fsp3) is 0.375. The molecule has 2 amide bonds. The van der Waals surface area contributed by atoms with Crippen molar-refractivity contribution < 1.29 is 19.4 Å². The van der Waals surface area contributed by atoms with E-state index in [4.69, 9.17) is 4.74 Å². The lowest BCUT2D eigenvalue weighted by molar-refractivity contribution is -0.131. The number of benzene rings is 1. The van der Waals surface area contributed by atoms with E-state index in [9.17, 15) is 14.7 Å². The molecule has 3 aliphatic heterocycles. The first-order valence-corrected chi connectivity index (χ1v) is 7.86. The number of carbonyl (C=O) groups is 2. The predicted octanol–water partition coefficient (Wildman–Crippen LogP) is 1.64. The maximum atomic E-state index is 12.8. The first-order chi connectivity index (χ1) is 10.4. The van der Waals surface area contributed by atoms with E-state index in [1.165, 1.54) is 4.90 Å². The third-order valence-corrected chi connectivity index (χ3v) is 5.42. The van der Waals surface area contributed by atoms with E-state index in [1.807, 2.05) is 0 Å². The van der Waals surface area contributed by atoms with Crippen LogP contribution >= 0.6 is 15.9 Å². The number of rotatable bonds is 2. The van der Waals surface area contributed by atoms with Gasteiger partial charge in [0.05, 0.1) is 29.7 Å². The summed E-state index contributed by atoms with van der Waals surface area (Å²) in [7, 11) is 0. The smallest absolute Gasteiger partial charge is 0.241 e. The van der Waals surface area contributed by atoms with E-state index >= 15 is 0 Å². The van der Waals surface area contributed by atoms with Gasteiger partial charge in [-0.05, 0) is 31.2 Å². The average molecular weight is 364 g/mol. The molecule has 1 N–H and O–H groups in total. The summed E-state index contributed by atoms with van der Waals surface area (Å²) in [5, 5.41) is 9.74. The molecule has 0 unspecified atom stereocenters. The molecule has 3 aliphatic rings. The molecule has 114 valence electrons. The Bertz CT molecular complexity index is 715. The van der Waals surface area contributed by atoms with Crippen molar-refractivity contribution in [1.82, 2.24) is 0 Å². The molecule has 4 atom stereocenters. The quantitative estimate of drug-likeness (QED) is 0.640. The Kier molecular flexibility index (Phi) is 2.74. The normalized spacial score (nSPS) is 39.0. The Morgan fingerprint density at radius 2 is 1.82 bits per heavy atom. The molecule has 5 nitrogen and oxygen atoms in total. The van der Waals surface area contributed by atoms with Crippen LogP contribution in [-0.2, 0) is 14.3 Å². The largest absolute Gasteiger partial charge is 0.393 e. The highest BCUT2D eigenvalue weighted by molar-refractivity contribution is 9.10. The third-order valence-electron chi connectivity index (χ3n) is 4.89. The van der Waals surface area contributed by atoms with Crippen molar-refractivity contribution in [2.45, 2.75) is 18.1 Å². The maximum absolute atomic E-state index is 12.8. The van der Waals surface area contributed by atoms with Crippen molar-refractivity contribution in [1.29, 1.82) is 0 Å². The topological polar surface area (TPSA) is 66.8 Å². The Morgan fingerprint density at radius 3 is 2.45 bits per heavy atom. The van der Waals surface area contributed by atoms with Crippen LogP contribution in [0.1, 0.15) is 6.92 Å². The fourth-order valence-electron chi connectivity index (χ4n) is 3.89. The van der Waals surface area contributed by atoms with Gasteiger partial charge in [-0.2, -0.15) is 0 Å². The lowest BCUT2D eigenvalue weighted by Gasteiger charge is -2.26. The predicted molar refractivity (Wildman–Crippen MR) is 82.1 cm³/mol. The maximum Gasteiger partial charge on any atom is 0.241 e. The van der Waals surface area contributed by atoms with Gasteiger partial charge in [0.1, 0.15) is 5.60 Å². The SMILES string of the molecule is C[C@@]12C=C[C@@](CO)(O1)[C@H]1C(=O)N(c3ccc(Br)cc3)C(=O)[C@H]12. The van der Waals surface area contributed by atoms with Gasteiger partial charge in [0.25, 0.3) is 0 Å². The van der Waals surface area contributed by atoms with Gasteiger partial charge in [0, 0.05) is 4.47 Å². The highest BCUT2D eigenvalue weighted by Crippen LogP contribution is 2.57. The summed E-state index contributed by atoms with van der Waals surface area (Å²) in [6.07, 6.45) is 3.52. The van der Waals surface area contributed by atoms with E-state index < -0.39 is 23.0 Å². The Hall–Kier alpha value is -1.50. The molecule has 0 saturated carbocycles. The van der Waals surface area contributed by atoms with Crippen molar-refractivity contribution in [3.63, 3.8) is 0 Å². The Balaban J connectivity index is 1.80. The summed E-state index contributed by atoms with van der Waals surface area (Å²) in [6, 6.07) is 7.03. The monoisotopic (exact) mass is 363 g/mol. The molecule has 2 saturated heterocycles. The number of hydrogen-bond donors (Lipinski definition) is 1. The van der Waals surface area contributed by atoms with Crippen LogP contribution in [0.4, 0.5) is 5.69 Å². The number of amides is 2. The molecular weight excluding hydrogens is 350 g/mol. The van der Waals surface area contributed by atoms with E-state index in [0.717, 1.165) is 4.47 Å². The van der Waals surface area contributed by atoms with Crippen LogP contribution in [0.25, 0.3) is 0 Å². The standard InChI is InChI=1S/C16H14BrNO4/c1-15-6-7-16(8-19,22-15)12-11(15)13(20)18(14(12)21)10-4-2-9(17)3-5-10/h2-7,11-12,19H,8H2,1H3/t11-,12+,15-,16-/m0/s1. The number of aliphatic hydroxyl groups is 1. The fourth-order valence-corrected chi connectivity index (χ4v) is 4.15. The van der Waals surface area contributed by atoms with Crippen molar-refractivity contribution >= 4 is 33.4 Å². The lowest BCUT2D eigenvalue weighted by atomic mass is 9.73. The summed E-state index contributed by atoms with van der Waals surface area (Å²) >= 11 is 3.34. The van der Waals surface area contributed by atoms with Gasteiger partial charge in [-0.1, -0.05) is 28.1 Å². The van der Waals surface area contributed by atoms with Crippen LogP contribution in [0.2, 0.25) is 0 Å². The molecule has 0 spiro atoms. The number of hydrogen-bond acceptors (Lipinski definition) is 4. The zero-order chi connectivity index (χ0) is 15.7. The second kappa shape index (κ2) is 4.28. The van der Waals surface area contributed by atoms with E-state index in [0.29, 0.717) is 5.69 Å². The van der Waals surface area contributed by atoms with Crippen LogP contribution in [0, 0.1) is 11.8 Å². The Labute approximate surface area is 135 Å². The lowest BCUT2D eigenvalue weighted by Crippen LogP contribution is -2.43. The Morgan fingerprint density at radius 1 is 1.18 bits per heavy atom. The number of nitrogens with zero attached hydrogens (tertiary/aromatic N) is 1. The number of halogens is 1. The number of carbonyl (C=O) groups excluding carboxylic acids is 2. The molecule has 4 rings (SSSR count). The number of aliphatic hydroxyl groups excluding tert-OH is 1. The van der Waals surface area contributed by atoms with Crippen LogP contribution in [0.3, 0.4) is 0 Å². The molecule has 1 aromatic carbocycles. The number of imide groups is 1. The van der Waals surface area contributed by atoms with Crippen LogP contribution in [-0.4, -0.2) is 34.7 Å². The van der Waals surface area contributed by atoms with Gasteiger partial charge in [-0.15, -0.1) is 0 Å². The zero-order valence-corrected chi connectivity index (χ0v) is 13.4. The van der Waals surface area contributed by atoms with Gasteiger partial charge < -0.3 is 9.84 Å². The molecule has 0 aromatic heterocycles. The summed E-state index contributed by atoms with van der Waals surface area (Å²) in [5.74, 6) is -1.82. The minimum absolute atomic E-state index is 0.264. The highest BCUT2D eigenvalue weighted by atomic mass is 79.9. The molecule has 22 heavy (non-hydrogen) atoms. The average Bonchev–Trinajstić information content (AvgIpc) is 3.07. The van der Waals surface area contributed by atoms with Crippen LogP contribution in [0.5, 0.6) is 0 Å². The van der Waals surface area contributed by atoms with Crippen molar-refractivity contribution in [2.24, 2.45) is 11.8 Å². The van der Waals surface area contributed by atoms with Crippen molar-refractivity contribution in [3.05, 3.63) is 40.9 Å². The molecule has 0 aliphatic carbocycles. The molecule has 6 heteroatoms. The first kappa shape index (κ1) is 14.1. The van der Waals surface area contributed by atoms with Gasteiger partial charge in [-0.25, -0.2) is 4.90 Å². The van der Waals surface area contributed by atoms with Gasteiger partial charge in [0.15, 0.2) is 0 Å². The highest BCUT2D eigenvalue weighted by Gasteiger charge is 2.72. The van der Waals surface area contributed by atoms with Crippen LogP contribution < -0.4 is 4.90 Å². The number of anilines is 1. The summed E-state index contributed by atoms with van der Waals surface area (Å²) in [5.41, 5.74) is -1.36. The molecule has 3 heterocycles. The minimum atomic E-state index is -1.07. The van der Waals surface area contributed by atoms with Gasteiger partial charge in [0.2, 0.25) is 11.8 Å². The van der Waals surface area contributed by atoms with Crippen molar-refractivity contribution in [2.75, 3.05) is 11.5 Å². The molecule has 2 fully saturated rings. The van der Waals surface area contributed by atoms with E-state index in [-0.39, 0.29) is 18.4 Å². The third kappa shape index (κ3) is 1.55. The van der Waals surface area contributed by atoms with Crippen LogP contribution in [0.15, 0.2) is 40.9 Å². The summed E-state index contributed by atoms with van der Waals surface area (Å²) < 4.78 is 6.75. The summed E-state index contributed by atoms with van der Waals surface area (Å²) in [4.78, 5) is 26.9. The number of ether oxygens (including phenoxy) is 1. The first-order valence-electron chi connectivity index (χ1n) is 7.07. The van der Waals surface area contributed by atoms with E-state index in [2.05, 4.69) is 15.9 Å².